The molecule has 25 heavy (non-hydrogen) atoms. The standard InChI is InChI=1S/C16H14FIN4O3/c17-12-9-11(18)3-4-13(12)22(16(24)21-25-7-6-23)14-8-10-2-1-5-19-15(10)20-14/h1-5,8-9,23H,6-7H2,(H,19,20)(H,21,24). The molecule has 130 valence electrons. The Kier molecular flexibility index (Phi) is 5.46. The summed E-state index contributed by atoms with van der Waals surface area (Å²) in [5.41, 5.74) is 2.80. The number of fused-ring (bicyclic) bond motifs is 1. The van der Waals surface area contributed by atoms with Gasteiger partial charge in [0.15, 0.2) is 0 Å². The number of aliphatic hydroxyl groups is 1. The normalized spacial score (nSPS) is 10.8. The zero-order chi connectivity index (χ0) is 17.8. The fourth-order valence-electron chi connectivity index (χ4n) is 2.28. The molecule has 0 atom stereocenters. The zero-order valence-electron chi connectivity index (χ0n) is 12.9. The maximum Gasteiger partial charge on any atom is 0.351 e. The molecule has 0 aliphatic heterocycles. The number of hydroxylamine groups is 1. The second kappa shape index (κ2) is 7.76. The summed E-state index contributed by atoms with van der Waals surface area (Å²) in [4.78, 5) is 25.7. The molecule has 3 aromatic rings. The second-order valence-electron chi connectivity index (χ2n) is 5.01. The zero-order valence-corrected chi connectivity index (χ0v) is 15.0. The van der Waals surface area contributed by atoms with E-state index in [2.05, 4.69) is 15.4 Å². The molecule has 0 fully saturated rings. The minimum atomic E-state index is -0.708. The second-order valence-corrected chi connectivity index (χ2v) is 6.25. The number of carbonyl (C=O) groups excluding carboxylic acids is 1. The first kappa shape index (κ1) is 17.6. The predicted octanol–water partition coefficient (Wildman–Crippen LogP) is 3.08. The highest BCUT2D eigenvalue weighted by Crippen LogP contribution is 2.30. The van der Waals surface area contributed by atoms with Crippen LogP contribution in [0.5, 0.6) is 0 Å². The Balaban J connectivity index is 2.03. The molecule has 3 N–H and O–H groups in total. The van der Waals surface area contributed by atoms with Crippen LogP contribution in [-0.2, 0) is 4.84 Å². The van der Waals surface area contributed by atoms with E-state index in [4.69, 9.17) is 9.94 Å². The number of halogens is 2. The van der Waals surface area contributed by atoms with Gasteiger partial charge in [0, 0.05) is 15.2 Å². The summed E-state index contributed by atoms with van der Waals surface area (Å²) in [5, 5.41) is 9.53. The van der Waals surface area contributed by atoms with E-state index in [1.54, 1.807) is 24.4 Å². The molecule has 1 aromatic carbocycles. The topological polar surface area (TPSA) is 90.5 Å². The number of nitrogens with zero attached hydrogens (tertiary/aromatic N) is 2. The van der Waals surface area contributed by atoms with Crippen molar-refractivity contribution in [2.45, 2.75) is 0 Å². The predicted molar refractivity (Wildman–Crippen MR) is 98.9 cm³/mol. The minimum absolute atomic E-state index is 0.0528. The molecule has 2 amide bonds. The summed E-state index contributed by atoms with van der Waals surface area (Å²) in [5.74, 6) is -0.227. The molecule has 7 nitrogen and oxygen atoms in total. The lowest BCUT2D eigenvalue weighted by atomic mass is 10.2. The van der Waals surface area contributed by atoms with Crippen LogP contribution in [0.1, 0.15) is 0 Å². The molecule has 0 saturated carbocycles. The van der Waals surface area contributed by atoms with Crippen molar-refractivity contribution in [1.29, 1.82) is 0 Å². The Morgan fingerprint density at radius 2 is 2.24 bits per heavy atom. The van der Waals surface area contributed by atoms with Gasteiger partial charge in [0.05, 0.1) is 18.9 Å². The Bertz CT molecular complexity index is 869. The van der Waals surface area contributed by atoms with E-state index in [1.165, 1.54) is 12.1 Å². The van der Waals surface area contributed by atoms with Crippen LogP contribution in [0, 0.1) is 9.39 Å². The first-order valence-corrected chi connectivity index (χ1v) is 8.39. The number of nitrogens with one attached hydrogen (secondary N) is 2. The Morgan fingerprint density at radius 1 is 1.40 bits per heavy atom. The molecule has 9 heteroatoms. The van der Waals surface area contributed by atoms with Crippen molar-refractivity contribution in [1.82, 2.24) is 15.4 Å². The van der Waals surface area contributed by atoms with Gasteiger partial charge in [0.2, 0.25) is 0 Å². The van der Waals surface area contributed by atoms with Gasteiger partial charge in [0.25, 0.3) is 0 Å². The molecule has 0 unspecified atom stereocenters. The van der Waals surface area contributed by atoms with Gasteiger partial charge >= 0.3 is 6.03 Å². The van der Waals surface area contributed by atoms with Crippen molar-refractivity contribution >= 4 is 51.2 Å². The Morgan fingerprint density at radius 3 is 2.96 bits per heavy atom. The number of aromatic amines is 1. The molecule has 2 aromatic heterocycles. The molecule has 0 aliphatic carbocycles. The highest BCUT2D eigenvalue weighted by molar-refractivity contribution is 14.1. The highest BCUT2D eigenvalue weighted by atomic mass is 127. The number of carbonyl (C=O) groups is 1. The quantitative estimate of drug-likeness (QED) is 0.313. The number of aromatic nitrogens is 2. The number of hydrogen-bond donors (Lipinski definition) is 3. The van der Waals surface area contributed by atoms with Gasteiger partial charge in [-0.2, -0.15) is 0 Å². The van der Waals surface area contributed by atoms with Gasteiger partial charge in [-0.25, -0.2) is 24.5 Å². The number of anilines is 2. The number of rotatable bonds is 5. The number of aliphatic hydroxyl groups excluding tert-OH is 1. The number of amides is 2. The third-order valence-corrected chi connectivity index (χ3v) is 4.00. The summed E-state index contributed by atoms with van der Waals surface area (Å²) in [6.07, 6.45) is 1.61. The van der Waals surface area contributed by atoms with E-state index in [9.17, 15) is 9.18 Å². The van der Waals surface area contributed by atoms with E-state index in [1.807, 2.05) is 28.7 Å². The SMILES string of the molecule is O=C(NOCCO)N(c1cc2cccnc2[nH]1)c1ccc(I)cc1F. The van der Waals surface area contributed by atoms with Crippen LogP contribution < -0.4 is 10.4 Å². The molecular weight excluding hydrogens is 442 g/mol. The summed E-state index contributed by atoms with van der Waals surface area (Å²) >= 11 is 1.99. The molecule has 2 heterocycles. The maximum atomic E-state index is 14.5. The number of pyridine rings is 1. The van der Waals surface area contributed by atoms with Crippen LogP contribution in [0.4, 0.5) is 20.7 Å². The summed E-state index contributed by atoms with van der Waals surface area (Å²) < 4.78 is 15.2. The van der Waals surface area contributed by atoms with Crippen molar-refractivity contribution < 1.29 is 19.1 Å². The van der Waals surface area contributed by atoms with E-state index in [0.29, 0.717) is 15.0 Å². The van der Waals surface area contributed by atoms with Crippen molar-refractivity contribution in [3.8, 4) is 0 Å². The number of hydrogen-bond acceptors (Lipinski definition) is 4. The molecular formula is C16H14FIN4O3. The van der Waals surface area contributed by atoms with Crippen LogP contribution in [0.15, 0.2) is 42.6 Å². The Hall–Kier alpha value is -2.24. The van der Waals surface area contributed by atoms with E-state index in [-0.39, 0.29) is 18.9 Å². The number of urea groups is 1. The number of benzene rings is 1. The average molecular weight is 456 g/mol. The van der Waals surface area contributed by atoms with Crippen molar-refractivity contribution in [3.05, 3.63) is 52.0 Å². The van der Waals surface area contributed by atoms with Gasteiger partial charge in [0.1, 0.15) is 17.3 Å². The summed E-state index contributed by atoms with van der Waals surface area (Å²) in [6.45, 7) is -0.336. The van der Waals surface area contributed by atoms with E-state index < -0.39 is 11.8 Å². The van der Waals surface area contributed by atoms with Gasteiger partial charge in [-0.05, 0) is 59.0 Å². The molecule has 3 rings (SSSR count). The molecule has 0 spiro atoms. The average Bonchev–Trinajstić information content (AvgIpc) is 3.01. The van der Waals surface area contributed by atoms with Crippen molar-refractivity contribution in [3.63, 3.8) is 0 Å². The molecule has 0 bridgehead atoms. The summed E-state index contributed by atoms with van der Waals surface area (Å²) in [7, 11) is 0. The smallest absolute Gasteiger partial charge is 0.351 e. The van der Waals surface area contributed by atoms with Gasteiger partial charge in [-0.15, -0.1) is 0 Å². The third kappa shape index (κ3) is 3.89. The summed E-state index contributed by atoms with van der Waals surface area (Å²) in [6, 6.07) is 9.08. The van der Waals surface area contributed by atoms with E-state index >= 15 is 0 Å². The van der Waals surface area contributed by atoms with Crippen LogP contribution >= 0.6 is 22.6 Å². The maximum absolute atomic E-state index is 14.5. The lowest BCUT2D eigenvalue weighted by Gasteiger charge is -2.22. The fraction of sp³-hybridized carbons (Fsp3) is 0.125. The minimum Gasteiger partial charge on any atom is -0.394 e. The van der Waals surface area contributed by atoms with Crippen LogP contribution in [0.3, 0.4) is 0 Å². The first-order valence-electron chi connectivity index (χ1n) is 7.31. The lowest BCUT2D eigenvalue weighted by Crippen LogP contribution is -2.38. The molecule has 0 saturated heterocycles. The van der Waals surface area contributed by atoms with Gasteiger partial charge < -0.3 is 10.1 Å². The van der Waals surface area contributed by atoms with Crippen LogP contribution in [0.25, 0.3) is 11.0 Å². The van der Waals surface area contributed by atoms with Crippen molar-refractivity contribution in [2.75, 3.05) is 18.1 Å². The Labute approximate surface area is 155 Å². The third-order valence-electron chi connectivity index (χ3n) is 3.33. The highest BCUT2D eigenvalue weighted by Gasteiger charge is 2.23. The fourth-order valence-corrected chi connectivity index (χ4v) is 2.73. The number of H-pyrrole nitrogens is 1. The first-order chi connectivity index (χ1) is 12.1. The van der Waals surface area contributed by atoms with Crippen LogP contribution in [0.2, 0.25) is 0 Å². The lowest BCUT2D eigenvalue weighted by molar-refractivity contribution is 0.0388. The largest absolute Gasteiger partial charge is 0.394 e. The molecule has 0 radical (unpaired) electrons. The monoisotopic (exact) mass is 456 g/mol. The van der Waals surface area contributed by atoms with Gasteiger partial charge in [-0.1, -0.05) is 0 Å². The van der Waals surface area contributed by atoms with E-state index in [0.717, 1.165) is 10.3 Å². The van der Waals surface area contributed by atoms with Crippen molar-refractivity contribution in [2.24, 2.45) is 0 Å². The van der Waals surface area contributed by atoms with Crippen LogP contribution in [-0.4, -0.2) is 34.3 Å². The van der Waals surface area contributed by atoms with Gasteiger partial charge in [-0.3, -0.25) is 4.84 Å². The molecule has 0 aliphatic rings.